The second-order valence-electron chi connectivity index (χ2n) is 10.0. The van der Waals surface area contributed by atoms with E-state index in [1.54, 1.807) is 52.4 Å². The number of carbonyl (C=O) groups is 2. The minimum atomic E-state index is -3.88. The van der Waals surface area contributed by atoms with Crippen molar-refractivity contribution in [1.82, 2.24) is 14.8 Å². The van der Waals surface area contributed by atoms with E-state index in [1.165, 1.54) is 18.9 Å². The number of rotatable bonds is 6. The molecule has 0 bridgehead atoms. The molecule has 0 spiro atoms. The zero-order chi connectivity index (χ0) is 26.7. The van der Waals surface area contributed by atoms with E-state index in [0.29, 0.717) is 48.9 Å². The van der Waals surface area contributed by atoms with Gasteiger partial charge in [0.25, 0.3) is 15.9 Å². The number of para-hydroxylation sites is 1. The maximum atomic E-state index is 13.2. The first kappa shape index (κ1) is 26.0. The summed E-state index contributed by atoms with van der Waals surface area (Å²) in [5.74, 6) is 0.305. The number of hydrogen-bond acceptors (Lipinski definition) is 6. The number of benzene rings is 2. The quantitative estimate of drug-likeness (QED) is 0.497. The van der Waals surface area contributed by atoms with Gasteiger partial charge < -0.3 is 14.5 Å². The number of sulfonamides is 1. The van der Waals surface area contributed by atoms with Crippen molar-refractivity contribution in [2.75, 3.05) is 31.0 Å². The first-order valence-corrected chi connectivity index (χ1v) is 14.5. The average Bonchev–Trinajstić information content (AvgIpc) is 3.45. The maximum absolute atomic E-state index is 13.2. The number of carbonyl (C=O) groups excluding carboxylic acids is 2. The number of nitrogens with zero attached hydrogens (tertiary/aromatic N) is 3. The van der Waals surface area contributed by atoms with Gasteiger partial charge in [-0.25, -0.2) is 13.2 Å². The third-order valence-electron chi connectivity index (χ3n) is 7.33. The molecule has 1 N–H and O–H groups in total. The maximum Gasteiger partial charge on any atom is 0.409 e. The molecule has 38 heavy (non-hydrogen) atoms. The van der Waals surface area contributed by atoms with Crippen LogP contribution in [0.4, 0.5) is 10.5 Å². The number of aromatic nitrogens is 1. The minimum absolute atomic E-state index is 0.0872. The lowest BCUT2D eigenvalue weighted by Crippen LogP contribution is -2.55. The third-order valence-corrected chi connectivity index (χ3v) is 8.75. The highest BCUT2D eigenvalue weighted by Crippen LogP contribution is 2.26. The Hall–Kier alpha value is -3.66. The van der Waals surface area contributed by atoms with Crippen LogP contribution in [0.5, 0.6) is 0 Å². The summed E-state index contributed by atoms with van der Waals surface area (Å²) in [6.07, 6.45) is 5.89. The summed E-state index contributed by atoms with van der Waals surface area (Å²) in [7, 11) is -3.88. The van der Waals surface area contributed by atoms with Crippen molar-refractivity contribution in [3.8, 4) is 0 Å². The molecule has 0 unspecified atom stereocenters. The summed E-state index contributed by atoms with van der Waals surface area (Å²) in [4.78, 5) is 33.4. The van der Waals surface area contributed by atoms with Gasteiger partial charge >= 0.3 is 6.09 Å². The molecule has 2 amide bonds. The number of piperazine rings is 1. The van der Waals surface area contributed by atoms with Crippen LogP contribution in [0.2, 0.25) is 0 Å². The Labute approximate surface area is 222 Å². The van der Waals surface area contributed by atoms with Crippen LogP contribution in [-0.2, 0) is 14.8 Å². The van der Waals surface area contributed by atoms with Gasteiger partial charge in [-0.05, 0) is 62.1 Å². The van der Waals surface area contributed by atoms with Gasteiger partial charge in [-0.15, -0.1) is 0 Å². The molecule has 0 radical (unpaired) electrons. The van der Waals surface area contributed by atoms with Crippen LogP contribution >= 0.6 is 0 Å². The van der Waals surface area contributed by atoms with Gasteiger partial charge in [0, 0.05) is 48.5 Å². The van der Waals surface area contributed by atoms with Crippen molar-refractivity contribution in [2.24, 2.45) is 5.92 Å². The van der Waals surface area contributed by atoms with Crippen molar-refractivity contribution >= 4 is 38.6 Å². The van der Waals surface area contributed by atoms with Crippen LogP contribution in [0.15, 0.2) is 65.7 Å². The second kappa shape index (κ2) is 11.0. The third kappa shape index (κ3) is 5.60. The topological polar surface area (TPSA) is 109 Å². The van der Waals surface area contributed by atoms with Gasteiger partial charge in [0.1, 0.15) is 4.90 Å². The van der Waals surface area contributed by atoms with Gasteiger partial charge in [0.2, 0.25) is 0 Å². The zero-order valence-electron chi connectivity index (χ0n) is 21.4. The zero-order valence-corrected chi connectivity index (χ0v) is 22.2. The fraction of sp³-hybridized carbons (Fsp3) is 0.393. The predicted molar refractivity (Wildman–Crippen MR) is 144 cm³/mol. The van der Waals surface area contributed by atoms with Crippen molar-refractivity contribution < 1.29 is 22.7 Å². The highest BCUT2D eigenvalue weighted by Gasteiger charge is 2.31. The highest BCUT2D eigenvalue weighted by molar-refractivity contribution is 7.93. The van der Waals surface area contributed by atoms with E-state index in [4.69, 9.17) is 4.74 Å². The summed E-state index contributed by atoms with van der Waals surface area (Å²) >= 11 is 0. The molecule has 2 fully saturated rings. The summed E-state index contributed by atoms with van der Waals surface area (Å²) < 4.78 is 34.2. The molecular weight excluding hydrogens is 504 g/mol. The van der Waals surface area contributed by atoms with Crippen LogP contribution < -0.4 is 4.72 Å². The van der Waals surface area contributed by atoms with Crippen LogP contribution in [0.1, 0.15) is 43.0 Å². The number of fused-ring (bicyclic) bond motifs is 1. The summed E-state index contributed by atoms with van der Waals surface area (Å²) in [6, 6.07) is 14.8. The van der Waals surface area contributed by atoms with Crippen LogP contribution in [0, 0.1) is 5.92 Å². The average molecular weight is 537 g/mol. The van der Waals surface area contributed by atoms with Crippen LogP contribution in [0.3, 0.4) is 0 Å². The number of hydrogen-bond donors (Lipinski definition) is 1. The Balaban J connectivity index is 1.20. The standard InChI is InChI=1S/C28H32N4O5S/c1-20-18-31(28(34)37-19-21-6-2-3-7-21)16-17-32(20)27(33)23-11-13-24(14-12-23)30-38(35,36)25-10-4-8-22-9-5-15-29-26(22)25/h4-5,8-15,20-21,30H,2-3,6-7,16-19H2,1H3/t20-/m1/s1. The Morgan fingerprint density at radius 3 is 2.50 bits per heavy atom. The SMILES string of the molecule is C[C@@H]1CN(C(=O)OCC2CCCC2)CCN1C(=O)c1ccc(NS(=O)(=O)c2cccc3cccnc23)cc1. The molecule has 200 valence electrons. The Bertz CT molecular complexity index is 1420. The first-order chi connectivity index (χ1) is 18.3. The number of pyridine rings is 1. The lowest BCUT2D eigenvalue weighted by molar-refractivity contribution is 0.0381. The Morgan fingerprint density at radius 1 is 1.03 bits per heavy atom. The molecule has 2 aliphatic rings. The van der Waals surface area contributed by atoms with Crippen molar-refractivity contribution in [3.05, 3.63) is 66.4 Å². The molecule has 1 aromatic heterocycles. The molecular formula is C28H32N4O5S. The molecule has 5 rings (SSSR count). The highest BCUT2D eigenvalue weighted by atomic mass is 32.2. The smallest absolute Gasteiger partial charge is 0.409 e. The van der Waals surface area contributed by atoms with E-state index >= 15 is 0 Å². The molecule has 3 aromatic rings. The molecule has 2 heterocycles. The van der Waals surface area contributed by atoms with Crippen molar-refractivity contribution in [2.45, 2.75) is 43.5 Å². The fourth-order valence-electron chi connectivity index (χ4n) is 5.23. The van der Waals surface area contributed by atoms with E-state index < -0.39 is 10.0 Å². The largest absolute Gasteiger partial charge is 0.449 e. The van der Waals surface area contributed by atoms with E-state index in [-0.39, 0.29) is 22.9 Å². The fourth-order valence-corrected chi connectivity index (χ4v) is 6.47. The van der Waals surface area contributed by atoms with Crippen molar-refractivity contribution in [1.29, 1.82) is 0 Å². The molecule has 9 nitrogen and oxygen atoms in total. The Morgan fingerprint density at radius 2 is 1.76 bits per heavy atom. The van der Waals surface area contributed by atoms with E-state index in [2.05, 4.69) is 9.71 Å². The van der Waals surface area contributed by atoms with E-state index in [9.17, 15) is 18.0 Å². The van der Waals surface area contributed by atoms with Crippen LogP contribution in [-0.4, -0.2) is 67.5 Å². The first-order valence-electron chi connectivity index (χ1n) is 13.0. The second-order valence-corrected chi connectivity index (χ2v) is 11.7. The predicted octanol–water partition coefficient (Wildman–Crippen LogP) is 4.51. The van der Waals surface area contributed by atoms with Gasteiger partial charge in [0.15, 0.2) is 0 Å². The summed E-state index contributed by atoms with van der Waals surface area (Å²) in [5.41, 5.74) is 1.19. The molecule has 1 saturated carbocycles. The lowest BCUT2D eigenvalue weighted by Gasteiger charge is -2.39. The molecule has 1 atom stereocenters. The number of ether oxygens (including phenoxy) is 1. The number of amides is 2. The van der Waals surface area contributed by atoms with Gasteiger partial charge in [-0.3, -0.25) is 14.5 Å². The van der Waals surface area contributed by atoms with Crippen molar-refractivity contribution in [3.63, 3.8) is 0 Å². The molecule has 2 aromatic carbocycles. The summed E-state index contributed by atoms with van der Waals surface area (Å²) in [6.45, 7) is 3.61. The molecule has 1 saturated heterocycles. The van der Waals surface area contributed by atoms with Crippen LogP contribution in [0.25, 0.3) is 10.9 Å². The number of anilines is 1. The number of nitrogens with one attached hydrogen (secondary N) is 1. The van der Waals surface area contributed by atoms with Gasteiger partial charge in [0.05, 0.1) is 12.1 Å². The molecule has 1 aliphatic heterocycles. The minimum Gasteiger partial charge on any atom is -0.449 e. The normalized spacial score (nSPS) is 18.5. The van der Waals surface area contributed by atoms with E-state index in [1.807, 2.05) is 19.1 Å². The Kier molecular flexibility index (Phi) is 7.51. The molecule has 1 aliphatic carbocycles. The van der Waals surface area contributed by atoms with Gasteiger partial charge in [-0.1, -0.05) is 31.0 Å². The van der Waals surface area contributed by atoms with Gasteiger partial charge in [-0.2, -0.15) is 0 Å². The van der Waals surface area contributed by atoms with E-state index in [0.717, 1.165) is 18.2 Å². The summed E-state index contributed by atoms with van der Waals surface area (Å²) in [5, 5.41) is 0.729. The molecule has 10 heteroatoms. The monoisotopic (exact) mass is 536 g/mol. The lowest BCUT2D eigenvalue weighted by atomic mass is 10.1.